The van der Waals surface area contributed by atoms with Gasteiger partial charge in [0, 0.05) is 16.1 Å². The fourth-order valence-electron chi connectivity index (χ4n) is 4.39. The van der Waals surface area contributed by atoms with Crippen LogP contribution in [0.3, 0.4) is 0 Å². The summed E-state index contributed by atoms with van der Waals surface area (Å²) in [4.78, 5) is 25.4. The number of aryl methyl sites for hydroxylation is 1. The van der Waals surface area contributed by atoms with E-state index in [1.54, 1.807) is 13.8 Å². The van der Waals surface area contributed by atoms with Crippen molar-refractivity contribution >= 4 is 40.1 Å². The Labute approximate surface area is 192 Å². The lowest BCUT2D eigenvalue weighted by Gasteiger charge is -2.28. The zero-order valence-electron chi connectivity index (χ0n) is 18.9. The summed E-state index contributed by atoms with van der Waals surface area (Å²) < 4.78 is 7.39. The van der Waals surface area contributed by atoms with Crippen LogP contribution in [0.2, 0.25) is 5.02 Å². The molecule has 7 heteroatoms. The van der Waals surface area contributed by atoms with Crippen molar-refractivity contribution in [2.24, 2.45) is 0 Å². The van der Waals surface area contributed by atoms with E-state index < -0.39 is 11.6 Å². The minimum Gasteiger partial charge on any atom is -0.462 e. The average molecular weight is 455 g/mol. The van der Waals surface area contributed by atoms with Crippen molar-refractivity contribution in [3.63, 3.8) is 0 Å². The van der Waals surface area contributed by atoms with E-state index in [0.29, 0.717) is 5.02 Å². The van der Waals surface area contributed by atoms with Gasteiger partial charge in [0.05, 0.1) is 23.2 Å². The molecule has 1 aliphatic rings. The Bertz CT molecular complexity index is 1240. The van der Waals surface area contributed by atoms with Crippen molar-refractivity contribution in [2.45, 2.75) is 52.7 Å². The van der Waals surface area contributed by atoms with Crippen LogP contribution in [0.5, 0.6) is 0 Å². The molecule has 4 rings (SSSR count). The maximum atomic E-state index is 12.7. The molecule has 1 aliphatic heterocycles. The Morgan fingerprint density at radius 1 is 1.25 bits per heavy atom. The lowest BCUT2D eigenvalue weighted by atomic mass is 9.89. The Balaban J connectivity index is 1.95. The van der Waals surface area contributed by atoms with Crippen molar-refractivity contribution in [3.05, 3.63) is 52.2 Å². The number of anilines is 1. The molecule has 0 saturated heterocycles. The minimum atomic E-state index is -1.11. The summed E-state index contributed by atoms with van der Waals surface area (Å²) in [6.45, 7) is 8.85. The highest BCUT2D eigenvalue weighted by Crippen LogP contribution is 2.45. The van der Waals surface area contributed by atoms with Crippen LogP contribution in [0.15, 0.2) is 30.3 Å². The van der Waals surface area contributed by atoms with Crippen molar-refractivity contribution < 1.29 is 19.4 Å². The van der Waals surface area contributed by atoms with Gasteiger partial charge in [-0.1, -0.05) is 23.7 Å². The number of hydrogen-bond acceptors (Lipinski definition) is 4. The quantitative estimate of drug-likeness (QED) is 0.534. The third-order valence-electron chi connectivity index (χ3n) is 5.92. The molecule has 0 saturated carbocycles. The average Bonchev–Trinajstić information content (AvgIpc) is 3.05. The summed E-state index contributed by atoms with van der Waals surface area (Å²) in [5, 5.41) is 14.6. The summed E-state index contributed by atoms with van der Waals surface area (Å²) in [6.07, 6.45) is 0.0124. The van der Waals surface area contributed by atoms with Crippen molar-refractivity contribution in [2.75, 3.05) is 11.9 Å². The number of ether oxygens (including phenoxy) is 1. The number of benzene rings is 2. The number of carbonyl (C=O) groups is 2. The van der Waals surface area contributed by atoms with E-state index in [2.05, 4.69) is 11.4 Å². The van der Waals surface area contributed by atoms with Crippen molar-refractivity contribution in [1.29, 1.82) is 0 Å². The molecule has 2 N–H and O–H groups in total. The largest absolute Gasteiger partial charge is 0.462 e. The first-order chi connectivity index (χ1) is 15.0. The molecule has 0 bridgehead atoms. The maximum absolute atomic E-state index is 12.7. The molecule has 2 aromatic carbocycles. The summed E-state index contributed by atoms with van der Waals surface area (Å²) in [5.41, 5.74) is 4.98. The maximum Gasteiger partial charge on any atom is 0.310 e. The second-order valence-corrected chi connectivity index (χ2v) is 9.53. The molecule has 1 amide bonds. The fraction of sp³-hybridized carbons (Fsp3) is 0.360. The van der Waals surface area contributed by atoms with Crippen LogP contribution in [0.4, 0.5) is 5.69 Å². The number of carbonyl (C=O) groups excluding carboxylic acids is 2. The molecule has 32 heavy (non-hydrogen) atoms. The van der Waals surface area contributed by atoms with E-state index in [0.717, 1.165) is 44.5 Å². The Morgan fingerprint density at radius 3 is 2.53 bits per heavy atom. The predicted molar refractivity (Wildman–Crippen MR) is 126 cm³/mol. The van der Waals surface area contributed by atoms with Crippen LogP contribution in [0, 0.1) is 13.8 Å². The van der Waals surface area contributed by atoms with Crippen LogP contribution < -0.4 is 5.32 Å². The van der Waals surface area contributed by atoms with Gasteiger partial charge in [-0.05, 0) is 75.1 Å². The number of aliphatic hydroxyl groups is 1. The lowest BCUT2D eigenvalue weighted by molar-refractivity contribution is -0.149. The van der Waals surface area contributed by atoms with Crippen molar-refractivity contribution in [1.82, 2.24) is 4.57 Å². The lowest BCUT2D eigenvalue weighted by Crippen LogP contribution is -2.30. The highest BCUT2D eigenvalue weighted by molar-refractivity contribution is 6.30. The minimum absolute atomic E-state index is 0.0124. The van der Waals surface area contributed by atoms with Crippen LogP contribution in [-0.4, -0.2) is 33.8 Å². The predicted octanol–water partition coefficient (Wildman–Crippen LogP) is 4.95. The molecule has 168 valence electrons. The topological polar surface area (TPSA) is 80.6 Å². The number of aromatic nitrogens is 1. The number of esters is 1. The highest BCUT2D eigenvalue weighted by Gasteiger charge is 2.31. The summed E-state index contributed by atoms with van der Waals surface area (Å²) in [5.74, 6) is -0.528. The SMILES string of the molecule is Cc1c(CC(=O)OCC(C)(C)O)c(-c2ccc(Cl)cc2)c2cc(C)n3c2c1NC(=O)C3C. The normalized spacial score (nSPS) is 15.7. The summed E-state index contributed by atoms with van der Waals surface area (Å²) in [6, 6.07) is 9.24. The van der Waals surface area contributed by atoms with Crippen LogP contribution in [0.1, 0.15) is 43.6 Å². The van der Waals surface area contributed by atoms with Crippen molar-refractivity contribution in [3.8, 4) is 11.1 Å². The number of nitrogens with zero attached hydrogens (tertiary/aromatic N) is 1. The van der Waals surface area contributed by atoms with Crippen LogP contribution in [0.25, 0.3) is 22.0 Å². The van der Waals surface area contributed by atoms with Gasteiger partial charge < -0.3 is 19.7 Å². The van der Waals surface area contributed by atoms with Crippen LogP contribution >= 0.6 is 11.6 Å². The van der Waals surface area contributed by atoms with E-state index in [9.17, 15) is 14.7 Å². The third kappa shape index (κ3) is 3.89. The molecule has 2 heterocycles. The first kappa shape index (κ1) is 22.4. The zero-order valence-corrected chi connectivity index (χ0v) is 19.6. The standard InChI is InChI=1S/C25H27ClN2O4/c1-13-10-19-21(16-6-8-17(26)9-7-16)18(11-20(29)32-12-25(4,5)31)14(2)22-23(19)28(13)15(3)24(30)27-22/h6-10,15,31H,11-12H2,1-5H3,(H,27,30). The molecule has 0 radical (unpaired) electrons. The van der Waals surface area contributed by atoms with E-state index in [-0.39, 0.29) is 25.0 Å². The van der Waals surface area contributed by atoms with Gasteiger partial charge in [-0.25, -0.2) is 0 Å². The molecule has 0 fully saturated rings. The molecule has 6 nitrogen and oxygen atoms in total. The second kappa shape index (κ2) is 7.94. The van der Waals surface area contributed by atoms with Gasteiger partial charge in [-0.15, -0.1) is 0 Å². The number of amides is 1. The smallest absolute Gasteiger partial charge is 0.310 e. The molecule has 0 spiro atoms. The first-order valence-electron chi connectivity index (χ1n) is 10.6. The summed E-state index contributed by atoms with van der Waals surface area (Å²) in [7, 11) is 0. The number of rotatable bonds is 5. The highest BCUT2D eigenvalue weighted by atomic mass is 35.5. The van der Waals surface area contributed by atoms with Gasteiger partial charge in [0.1, 0.15) is 12.6 Å². The molecule has 1 aromatic heterocycles. The Kier molecular flexibility index (Phi) is 5.55. The molecule has 1 atom stereocenters. The van der Waals surface area contributed by atoms with Gasteiger partial charge in [-0.3, -0.25) is 9.59 Å². The number of hydrogen-bond donors (Lipinski definition) is 2. The van der Waals surface area contributed by atoms with Gasteiger partial charge in [0.2, 0.25) is 5.91 Å². The fourth-order valence-corrected chi connectivity index (χ4v) is 4.52. The van der Waals surface area contributed by atoms with Gasteiger partial charge in [0.25, 0.3) is 0 Å². The molecule has 1 unspecified atom stereocenters. The third-order valence-corrected chi connectivity index (χ3v) is 6.17. The zero-order chi connectivity index (χ0) is 23.4. The van der Waals surface area contributed by atoms with Gasteiger partial charge in [-0.2, -0.15) is 0 Å². The van der Waals surface area contributed by atoms with E-state index in [4.69, 9.17) is 16.3 Å². The number of nitrogens with one attached hydrogen (secondary N) is 1. The van der Waals surface area contributed by atoms with Gasteiger partial charge in [0.15, 0.2) is 0 Å². The molecular formula is C25H27ClN2O4. The van der Waals surface area contributed by atoms with E-state index in [1.807, 2.05) is 49.6 Å². The van der Waals surface area contributed by atoms with Crippen LogP contribution in [-0.2, 0) is 20.7 Å². The van der Waals surface area contributed by atoms with E-state index in [1.165, 1.54) is 0 Å². The Morgan fingerprint density at radius 2 is 1.91 bits per heavy atom. The molecule has 3 aromatic rings. The monoisotopic (exact) mass is 454 g/mol. The first-order valence-corrected chi connectivity index (χ1v) is 11.0. The van der Waals surface area contributed by atoms with E-state index >= 15 is 0 Å². The Hall–Kier alpha value is -2.83. The molecular weight excluding hydrogens is 428 g/mol. The van der Waals surface area contributed by atoms with Gasteiger partial charge >= 0.3 is 5.97 Å². The molecule has 0 aliphatic carbocycles. The number of halogens is 1. The second-order valence-electron chi connectivity index (χ2n) is 9.09. The summed E-state index contributed by atoms with van der Waals surface area (Å²) >= 11 is 6.13.